The molecule has 0 amide bonds. The molecule has 0 aliphatic carbocycles. The van der Waals surface area contributed by atoms with Gasteiger partial charge in [-0.3, -0.25) is 0 Å². The SMILES string of the molecule is CC[C@H](C)c1c(-c2ccccc2)ncn1CCCCCN. The van der Waals surface area contributed by atoms with Gasteiger partial charge in [-0.1, -0.05) is 50.6 Å². The van der Waals surface area contributed by atoms with Gasteiger partial charge in [0, 0.05) is 17.8 Å². The molecular formula is C18H27N3. The van der Waals surface area contributed by atoms with Crippen LogP contribution in [0, 0.1) is 0 Å². The first-order valence-electron chi connectivity index (χ1n) is 8.08. The highest BCUT2D eigenvalue weighted by Crippen LogP contribution is 2.30. The average molecular weight is 285 g/mol. The maximum atomic E-state index is 5.57. The molecule has 0 saturated carbocycles. The van der Waals surface area contributed by atoms with Crippen molar-refractivity contribution in [3.8, 4) is 11.3 Å². The van der Waals surface area contributed by atoms with E-state index in [2.05, 4.69) is 48.7 Å². The molecule has 0 saturated heterocycles. The van der Waals surface area contributed by atoms with E-state index in [4.69, 9.17) is 10.7 Å². The highest BCUT2D eigenvalue weighted by atomic mass is 15.1. The molecule has 1 aromatic heterocycles. The summed E-state index contributed by atoms with van der Waals surface area (Å²) in [7, 11) is 0. The Morgan fingerprint density at radius 2 is 1.90 bits per heavy atom. The Bertz CT molecular complexity index is 531. The van der Waals surface area contributed by atoms with Crippen LogP contribution in [-0.2, 0) is 6.54 Å². The number of rotatable bonds is 8. The number of unbranched alkanes of at least 4 members (excludes halogenated alkanes) is 2. The van der Waals surface area contributed by atoms with Crippen molar-refractivity contribution in [2.75, 3.05) is 6.54 Å². The molecule has 3 nitrogen and oxygen atoms in total. The van der Waals surface area contributed by atoms with E-state index in [1.54, 1.807) is 0 Å². The molecule has 0 radical (unpaired) electrons. The second-order valence-corrected chi connectivity index (χ2v) is 5.70. The van der Waals surface area contributed by atoms with Gasteiger partial charge in [0.1, 0.15) is 0 Å². The average Bonchev–Trinajstić information content (AvgIpc) is 2.95. The number of nitrogens with zero attached hydrogens (tertiary/aromatic N) is 2. The zero-order valence-corrected chi connectivity index (χ0v) is 13.3. The Hall–Kier alpha value is -1.61. The van der Waals surface area contributed by atoms with Crippen molar-refractivity contribution in [3.63, 3.8) is 0 Å². The molecule has 3 heteroatoms. The minimum Gasteiger partial charge on any atom is -0.334 e. The van der Waals surface area contributed by atoms with Crippen molar-refractivity contribution in [2.45, 2.75) is 52.0 Å². The number of benzene rings is 1. The summed E-state index contributed by atoms with van der Waals surface area (Å²) in [6.45, 7) is 6.36. The van der Waals surface area contributed by atoms with Gasteiger partial charge in [0.15, 0.2) is 0 Å². The van der Waals surface area contributed by atoms with Crippen molar-refractivity contribution in [3.05, 3.63) is 42.4 Å². The summed E-state index contributed by atoms with van der Waals surface area (Å²) in [5, 5.41) is 0. The normalized spacial score (nSPS) is 12.5. The van der Waals surface area contributed by atoms with Crippen molar-refractivity contribution in [1.82, 2.24) is 9.55 Å². The van der Waals surface area contributed by atoms with Crippen LogP contribution in [0.4, 0.5) is 0 Å². The van der Waals surface area contributed by atoms with E-state index in [1.807, 2.05) is 6.33 Å². The van der Waals surface area contributed by atoms with Gasteiger partial charge in [-0.05, 0) is 31.7 Å². The number of nitrogens with two attached hydrogens (primary N) is 1. The molecule has 0 fully saturated rings. The fourth-order valence-electron chi connectivity index (χ4n) is 2.70. The summed E-state index contributed by atoms with van der Waals surface area (Å²) in [4.78, 5) is 4.69. The van der Waals surface area contributed by atoms with Gasteiger partial charge in [0.05, 0.1) is 12.0 Å². The Kier molecular flexibility index (Phi) is 6.00. The largest absolute Gasteiger partial charge is 0.334 e. The molecule has 2 rings (SSSR count). The summed E-state index contributed by atoms with van der Waals surface area (Å²) >= 11 is 0. The molecule has 0 aliphatic rings. The number of aromatic nitrogens is 2. The lowest BCUT2D eigenvalue weighted by atomic mass is 9.99. The molecule has 0 unspecified atom stereocenters. The first-order valence-corrected chi connectivity index (χ1v) is 8.08. The molecule has 21 heavy (non-hydrogen) atoms. The first kappa shape index (κ1) is 15.8. The Morgan fingerprint density at radius 1 is 1.14 bits per heavy atom. The Balaban J connectivity index is 2.23. The van der Waals surface area contributed by atoms with E-state index in [-0.39, 0.29) is 0 Å². The van der Waals surface area contributed by atoms with Crippen LogP contribution in [0.25, 0.3) is 11.3 Å². The van der Waals surface area contributed by atoms with Gasteiger partial charge in [0.2, 0.25) is 0 Å². The number of imidazole rings is 1. The lowest BCUT2D eigenvalue weighted by Gasteiger charge is -2.15. The molecule has 0 aliphatic heterocycles. The molecule has 0 spiro atoms. The molecular weight excluding hydrogens is 258 g/mol. The molecule has 1 heterocycles. The second-order valence-electron chi connectivity index (χ2n) is 5.70. The summed E-state index contributed by atoms with van der Waals surface area (Å²) in [6.07, 6.45) is 6.61. The summed E-state index contributed by atoms with van der Waals surface area (Å²) in [5.74, 6) is 0.525. The molecule has 1 aromatic carbocycles. The monoisotopic (exact) mass is 285 g/mol. The van der Waals surface area contributed by atoms with E-state index in [9.17, 15) is 0 Å². The Labute approximate surface area is 128 Å². The van der Waals surface area contributed by atoms with Crippen molar-refractivity contribution in [2.24, 2.45) is 5.73 Å². The maximum Gasteiger partial charge on any atom is 0.0956 e. The number of hydrogen-bond donors (Lipinski definition) is 1. The van der Waals surface area contributed by atoms with Gasteiger partial charge >= 0.3 is 0 Å². The van der Waals surface area contributed by atoms with Crippen LogP contribution >= 0.6 is 0 Å². The first-order chi connectivity index (χ1) is 10.3. The quantitative estimate of drug-likeness (QED) is 0.739. The van der Waals surface area contributed by atoms with Gasteiger partial charge in [-0.15, -0.1) is 0 Å². The standard InChI is InChI=1S/C18H27N3/c1-3-15(2)18-17(16-10-6-4-7-11-16)20-14-21(18)13-9-5-8-12-19/h4,6-7,10-11,14-15H,3,5,8-9,12-13,19H2,1-2H3/t15-/m0/s1. The minimum atomic E-state index is 0.525. The molecule has 2 aromatic rings. The van der Waals surface area contributed by atoms with Crippen molar-refractivity contribution in [1.29, 1.82) is 0 Å². The summed E-state index contributed by atoms with van der Waals surface area (Å²) in [5.41, 5.74) is 9.30. The van der Waals surface area contributed by atoms with Gasteiger partial charge in [-0.2, -0.15) is 0 Å². The predicted octanol–water partition coefficient (Wildman–Crippen LogP) is 4.19. The molecule has 2 N–H and O–H groups in total. The fourth-order valence-corrected chi connectivity index (χ4v) is 2.70. The third kappa shape index (κ3) is 3.94. The van der Waals surface area contributed by atoms with Crippen LogP contribution in [0.5, 0.6) is 0 Å². The summed E-state index contributed by atoms with van der Waals surface area (Å²) < 4.78 is 2.34. The topological polar surface area (TPSA) is 43.8 Å². The molecule has 1 atom stereocenters. The molecule has 0 bridgehead atoms. The Morgan fingerprint density at radius 3 is 2.57 bits per heavy atom. The lowest BCUT2D eigenvalue weighted by Crippen LogP contribution is -2.07. The number of aryl methyl sites for hydroxylation is 1. The van der Waals surface area contributed by atoms with Crippen LogP contribution in [0.2, 0.25) is 0 Å². The van der Waals surface area contributed by atoms with E-state index < -0.39 is 0 Å². The predicted molar refractivity (Wildman–Crippen MR) is 89.3 cm³/mol. The van der Waals surface area contributed by atoms with E-state index in [1.165, 1.54) is 24.1 Å². The van der Waals surface area contributed by atoms with Crippen LogP contribution in [-0.4, -0.2) is 16.1 Å². The zero-order chi connectivity index (χ0) is 15.1. The maximum absolute atomic E-state index is 5.57. The fraction of sp³-hybridized carbons (Fsp3) is 0.500. The van der Waals surface area contributed by atoms with E-state index in [0.717, 1.165) is 31.6 Å². The van der Waals surface area contributed by atoms with Gasteiger partial charge in [0.25, 0.3) is 0 Å². The van der Waals surface area contributed by atoms with Crippen LogP contribution < -0.4 is 5.73 Å². The van der Waals surface area contributed by atoms with Crippen LogP contribution in [0.3, 0.4) is 0 Å². The van der Waals surface area contributed by atoms with Gasteiger partial charge in [-0.25, -0.2) is 4.98 Å². The van der Waals surface area contributed by atoms with Crippen LogP contribution in [0.1, 0.15) is 51.1 Å². The van der Waals surface area contributed by atoms with Gasteiger partial charge < -0.3 is 10.3 Å². The third-order valence-corrected chi connectivity index (χ3v) is 4.11. The zero-order valence-electron chi connectivity index (χ0n) is 13.3. The minimum absolute atomic E-state index is 0.525. The van der Waals surface area contributed by atoms with Crippen molar-refractivity contribution >= 4 is 0 Å². The third-order valence-electron chi connectivity index (χ3n) is 4.11. The lowest BCUT2D eigenvalue weighted by molar-refractivity contribution is 0.553. The van der Waals surface area contributed by atoms with E-state index in [0.29, 0.717) is 5.92 Å². The highest BCUT2D eigenvalue weighted by molar-refractivity contribution is 5.62. The van der Waals surface area contributed by atoms with Crippen molar-refractivity contribution < 1.29 is 0 Å². The second kappa shape index (κ2) is 7.99. The smallest absolute Gasteiger partial charge is 0.0956 e. The highest BCUT2D eigenvalue weighted by Gasteiger charge is 2.17. The van der Waals surface area contributed by atoms with Crippen LogP contribution in [0.15, 0.2) is 36.7 Å². The van der Waals surface area contributed by atoms with E-state index >= 15 is 0 Å². The molecule has 114 valence electrons. The number of hydrogen-bond acceptors (Lipinski definition) is 2. The summed E-state index contributed by atoms with van der Waals surface area (Å²) in [6, 6.07) is 10.5.